The van der Waals surface area contributed by atoms with Crippen molar-refractivity contribution in [2.24, 2.45) is 0 Å². The van der Waals surface area contributed by atoms with Gasteiger partial charge in [0.1, 0.15) is 28.6 Å². The highest BCUT2D eigenvalue weighted by Gasteiger charge is 2.27. The minimum Gasteiger partial charge on any atom is -0.496 e. The van der Waals surface area contributed by atoms with Gasteiger partial charge >= 0.3 is 5.97 Å². The first-order valence-electron chi connectivity index (χ1n) is 5.57. The summed E-state index contributed by atoms with van der Waals surface area (Å²) in [5, 5.41) is 3.74. The topological polar surface area (TPSA) is 61.6 Å². The van der Waals surface area contributed by atoms with Crippen LogP contribution >= 0.6 is 15.9 Å². The summed E-state index contributed by atoms with van der Waals surface area (Å²) in [5.74, 6) is -0.760. The minimum absolute atomic E-state index is 0.0490. The average Bonchev–Trinajstić information content (AvgIpc) is 2.78. The van der Waals surface area contributed by atoms with Crippen molar-refractivity contribution in [3.8, 4) is 17.0 Å². The normalized spacial score (nSPS) is 10.4. The quantitative estimate of drug-likeness (QED) is 0.799. The van der Waals surface area contributed by atoms with Crippen molar-refractivity contribution >= 4 is 21.9 Å². The molecule has 0 spiro atoms. The molecule has 0 radical (unpaired) electrons. The van der Waals surface area contributed by atoms with E-state index in [0.717, 1.165) is 0 Å². The van der Waals surface area contributed by atoms with Crippen LogP contribution in [-0.2, 0) is 4.74 Å². The molecule has 0 atom stereocenters. The molecule has 0 aliphatic heterocycles. The van der Waals surface area contributed by atoms with E-state index in [-0.39, 0.29) is 28.3 Å². The summed E-state index contributed by atoms with van der Waals surface area (Å²) < 4.78 is 29.5. The van der Waals surface area contributed by atoms with Gasteiger partial charge in [0.15, 0.2) is 0 Å². The number of ether oxygens (including phenoxy) is 2. The van der Waals surface area contributed by atoms with E-state index in [1.807, 2.05) is 0 Å². The first-order chi connectivity index (χ1) is 9.49. The summed E-state index contributed by atoms with van der Waals surface area (Å²) in [7, 11) is 2.63. The standard InChI is InChI=1S/C13H11BrFNO4/c1-6-10(13(17)19-3)12(16-20-6)11-8(15)4-7(14)5-9(11)18-2/h4-5H,1-3H3. The summed E-state index contributed by atoms with van der Waals surface area (Å²) in [5.41, 5.74) is 0.177. The van der Waals surface area contributed by atoms with Crippen LogP contribution in [0.1, 0.15) is 16.1 Å². The number of carbonyl (C=O) groups is 1. The maximum absolute atomic E-state index is 14.2. The Morgan fingerprint density at radius 3 is 2.70 bits per heavy atom. The molecule has 0 saturated heterocycles. The van der Waals surface area contributed by atoms with Gasteiger partial charge in [-0.25, -0.2) is 9.18 Å². The first-order valence-corrected chi connectivity index (χ1v) is 6.36. The third kappa shape index (κ3) is 2.40. The van der Waals surface area contributed by atoms with Crippen molar-refractivity contribution in [3.05, 3.63) is 33.7 Å². The Kier molecular flexibility index (Phi) is 4.08. The molecule has 0 fully saturated rings. The molecule has 2 rings (SSSR count). The Bertz CT molecular complexity index is 669. The van der Waals surface area contributed by atoms with E-state index in [1.165, 1.54) is 20.3 Å². The van der Waals surface area contributed by atoms with E-state index in [0.29, 0.717) is 4.47 Å². The van der Waals surface area contributed by atoms with Crippen LogP contribution in [0, 0.1) is 12.7 Å². The SMILES string of the molecule is COC(=O)c1c(-c2c(F)cc(Br)cc2OC)noc1C. The molecule has 7 heteroatoms. The van der Waals surface area contributed by atoms with Crippen molar-refractivity contribution in [3.63, 3.8) is 0 Å². The summed E-state index contributed by atoms with van der Waals surface area (Å²) in [6, 6.07) is 2.83. The number of hydrogen-bond donors (Lipinski definition) is 0. The first kappa shape index (κ1) is 14.5. The monoisotopic (exact) mass is 343 g/mol. The maximum atomic E-state index is 14.2. The second kappa shape index (κ2) is 5.62. The van der Waals surface area contributed by atoms with Gasteiger partial charge in [-0.2, -0.15) is 0 Å². The Morgan fingerprint density at radius 1 is 1.40 bits per heavy atom. The molecule has 106 valence electrons. The van der Waals surface area contributed by atoms with E-state index in [9.17, 15) is 9.18 Å². The van der Waals surface area contributed by atoms with Gasteiger partial charge in [0.05, 0.1) is 19.8 Å². The number of rotatable bonds is 3. The van der Waals surface area contributed by atoms with Gasteiger partial charge in [-0.3, -0.25) is 0 Å². The van der Waals surface area contributed by atoms with Crippen molar-refractivity contribution < 1.29 is 23.2 Å². The largest absolute Gasteiger partial charge is 0.496 e. The van der Waals surface area contributed by atoms with E-state index in [4.69, 9.17) is 9.26 Å². The van der Waals surface area contributed by atoms with Gasteiger partial charge in [-0.15, -0.1) is 0 Å². The molecule has 20 heavy (non-hydrogen) atoms. The number of aryl methyl sites for hydroxylation is 1. The lowest BCUT2D eigenvalue weighted by Crippen LogP contribution is -2.05. The molecule has 0 unspecified atom stereocenters. The fourth-order valence-electron chi connectivity index (χ4n) is 1.83. The third-order valence-corrected chi connectivity index (χ3v) is 3.19. The number of esters is 1. The maximum Gasteiger partial charge on any atom is 0.343 e. The molecule has 0 saturated carbocycles. The number of hydrogen-bond acceptors (Lipinski definition) is 5. The highest BCUT2D eigenvalue weighted by atomic mass is 79.9. The number of aromatic nitrogens is 1. The highest BCUT2D eigenvalue weighted by molar-refractivity contribution is 9.10. The predicted octanol–water partition coefficient (Wildman–Crippen LogP) is 3.35. The van der Waals surface area contributed by atoms with E-state index < -0.39 is 11.8 Å². The van der Waals surface area contributed by atoms with Crippen LogP contribution in [-0.4, -0.2) is 25.3 Å². The fraction of sp³-hybridized carbons (Fsp3) is 0.231. The van der Waals surface area contributed by atoms with Gasteiger partial charge in [-0.05, 0) is 19.1 Å². The van der Waals surface area contributed by atoms with Crippen molar-refractivity contribution in [1.82, 2.24) is 5.16 Å². The van der Waals surface area contributed by atoms with Crippen LogP contribution in [0.15, 0.2) is 21.1 Å². The Labute approximate surface area is 122 Å². The molecule has 5 nitrogen and oxygen atoms in total. The van der Waals surface area contributed by atoms with Crippen LogP contribution in [0.2, 0.25) is 0 Å². The van der Waals surface area contributed by atoms with Crippen LogP contribution in [0.3, 0.4) is 0 Å². The zero-order valence-electron chi connectivity index (χ0n) is 11.0. The molecular weight excluding hydrogens is 333 g/mol. The molecule has 1 aromatic carbocycles. The van der Waals surface area contributed by atoms with Gasteiger partial charge in [0, 0.05) is 4.47 Å². The highest BCUT2D eigenvalue weighted by Crippen LogP contribution is 2.37. The van der Waals surface area contributed by atoms with Crippen LogP contribution < -0.4 is 4.74 Å². The zero-order chi connectivity index (χ0) is 14.9. The van der Waals surface area contributed by atoms with Gasteiger partial charge in [0.25, 0.3) is 0 Å². The number of benzene rings is 1. The van der Waals surface area contributed by atoms with Crippen LogP contribution in [0.25, 0.3) is 11.3 Å². The number of halogens is 2. The molecule has 1 aromatic heterocycles. The molecule has 2 aromatic rings. The summed E-state index contributed by atoms with van der Waals surface area (Å²) in [4.78, 5) is 11.8. The molecule has 0 aliphatic carbocycles. The number of methoxy groups -OCH3 is 2. The summed E-state index contributed by atoms with van der Waals surface area (Å²) in [6.45, 7) is 1.55. The minimum atomic E-state index is -0.650. The summed E-state index contributed by atoms with van der Waals surface area (Å²) in [6.07, 6.45) is 0. The van der Waals surface area contributed by atoms with Crippen molar-refractivity contribution in [1.29, 1.82) is 0 Å². The van der Waals surface area contributed by atoms with E-state index in [2.05, 4.69) is 25.8 Å². The zero-order valence-corrected chi connectivity index (χ0v) is 12.6. The second-order valence-electron chi connectivity index (χ2n) is 3.92. The lowest BCUT2D eigenvalue weighted by atomic mass is 10.0. The summed E-state index contributed by atoms with van der Waals surface area (Å²) >= 11 is 3.17. The smallest absolute Gasteiger partial charge is 0.343 e. The Morgan fingerprint density at radius 2 is 2.10 bits per heavy atom. The lowest BCUT2D eigenvalue weighted by Gasteiger charge is -2.09. The third-order valence-electron chi connectivity index (χ3n) is 2.73. The average molecular weight is 344 g/mol. The van der Waals surface area contributed by atoms with Crippen LogP contribution in [0.4, 0.5) is 4.39 Å². The predicted molar refractivity (Wildman–Crippen MR) is 72.2 cm³/mol. The van der Waals surface area contributed by atoms with E-state index in [1.54, 1.807) is 13.0 Å². The van der Waals surface area contributed by atoms with Gasteiger partial charge in [-0.1, -0.05) is 21.1 Å². The molecular formula is C13H11BrFNO4. The van der Waals surface area contributed by atoms with Crippen molar-refractivity contribution in [2.75, 3.05) is 14.2 Å². The lowest BCUT2D eigenvalue weighted by molar-refractivity contribution is 0.0599. The molecule has 0 amide bonds. The molecule has 0 N–H and O–H groups in total. The number of nitrogens with zero attached hydrogens (tertiary/aromatic N) is 1. The van der Waals surface area contributed by atoms with Gasteiger partial charge in [0.2, 0.25) is 0 Å². The van der Waals surface area contributed by atoms with Crippen LogP contribution in [0.5, 0.6) is 5.75 Å². The Balaban J connectivity index is 2.72. The fourth-order valence-corrected chi connectivity index (χ4v) is 2.23. The van der Waals surface area contributed by atoms with Gasteiger partial charge < -0.3 is 14.0 Å². The van der Waals surface area contributed by atoms with Crippen molar-refractivity contribution in [2.45, 2.75) is 6.92 Å². The molecule has 0 bridgehead atoms. The number of carbonyl (C=O) groups excluding carboxylic acids is 1. The molecule has 0 aliphatic rings. The Hall–Kier alpha value is -1.89. The molecule has 1 heterocycles. The van der Waals surface area contributed by atoms with E-state index >= 15 is 0 Å². The second-order valence-corrected chi connectivity index (χ2v) is 4.83.